The Morgan fingerprint density at radius 2 is 1.78 bits per heavy atom. The van der Waals surface area contributed by atoms with Crippen molar-refractivity contribution in [3.05, 3.63) is 128 Å². The Labute approximate surface area is 429 Å². The van der Waals surface area contributed by atoms with Gasteiger partial charge < -0.3 is 30.2 Å². The lowest BCUT2D eigenvalue weighted by Crippen LogP contribution is -2.47. The molecule has 0 spiro atoms. The molecule has 9 rings (SSSR count). The van der Waals surface area contributed by atoms with Crippen LogP contribution in [0.5, 0.6) is 11.5 Å². The Morgan fingerprint density at radius 1 is 1.01 bits per heavy atom. The summed E-state index contributed by atoms with van der Waals surface area (Å²) in [5, 5.41) is 38.7. The largest absolute Gasteiger partial charge is 0.455 e. The molecule has 1 amide bonds. The van der Waals surface area contributed by atoms with E-state index in [1.54, 1.807) is 56.5 Å². The Balaban J connectivity index is 0.908. The number of hydrogen-bond acceptors (Lipinski definition) is 13. The van der Waals surface area contributed by atoms with Crippen molar-refractivity contribution >= 4 is 60.9 Å². The van der Waals surface area contributed by atoms with Crippen LogP contribution in [0, 0.1) is 27.3 Å². The van der Waals surface area contributed by atoms with Crippen molar-refractivity contribution in [1.82, 2.24) is 19.6 Å². The van der Waals surface area contributed by atoms with E-state index in [1.165, 1.54) is 41.6 Å². The number of nitrogens with one attached hydrogen (secondary N) is 3. The number of nitro benzene ring substituents is 1. The van der Waals surface area contributed by atoms with Gasteiger partial charge in [0.25, 0.3) is 21.6 Å². The van der Waals surface area contributed by atoms with Gasteiger partial charge >= 0.3 is 0 Å². The first-order valence-electron chi connectivity index (χ1n) is 24.9. The molecule has 0 bridgehead atoms. The average Bonchev–Trinajstić information content (AvgIpc) is 4.02. The zero-order chi connectivity index (χ0) is 51.9. The molecule has 2 fully saturated rings. The highest BCUT2D eigenvalue weighted by molar-refractivity contribution is 7.90. The molecule has 15 nitrogen and oxygen atoms in total. The average molecular weight is 1030 g/mol. The first-order valence-corrected chi connectivity index (χ1v) is 27.3. The van der Waals surface area contributed by atoms with Crippen molar-refractivity contribution in [1.29, 1.82) is 0 Å². The van der Waals surface area contributed by atoms with Gasteiger partial charge in [-0.2, -0.15) is 0 Å². The van der Waals surface area contributed by atoms with Gasteiger partial charge in [-0.3, -0.25) is 19.8 Å². The number of fused-ring (bicyclic) bond motifs is 1. The minimum Gasteiger partial charge on any atom is -0.455 e. The van der Waals surface area contributed by atoms with Crippen molar-refractivity contribution < 1.29 is 37.5 Å². The van der Waals surface area contributed by atoms with Crippen LogP contribution in [0.15, 0.2) is 101 Å². The number of aliphatic hydroxyl groups is 2. The SMILES string of the molecule is CC(C)(O)Cc1ccc(-c2csc(C3=C(CN4CCN(c5ccc(C(=O)NS(=O)(=O)c6ccc(NC[C@H]7CC[C@](C)(O)CC7)c([N+](=O)[O-])c6)c(Oc6cnc7[nH]ccc7c6)c5)CC4)CCC(C)(C)C3)c2)c(F)c1. The normalized spacial score (nSPS) is 19.8. The molecule has 0 atom stereocenters. The number of anilines is 2. The molecule has 6 aromatic rings. The fourth-order valence-electron chi connectivity index (χ4n) is 10.3. The lowest BCUT2D eigenvalue weighted by molar-refractivity contribution is -0.384. The highest BCUT2D eigenvalue weighted by Gasteiger charge is 2.33. The topological polar surface area (TPSA) is 203 Å². The number of halogens is 1. The number of aromatic amines is 1. The zero-order valence-corrected chi connectivity index (χ0v) is 43.6. The van der Waals surface area contributed by atoms with Crippen LogP contribution in [0.25, 0.3) is 27.7 Å². The summed E-state index contributed by atoms with van der Waals surface area (Å²) in [6.45, 7) is 13.9. The van der Waals surface area contributed by atoms with Crippen molar-refractivity contribution in [3.8, 4) is 22.6 Å². The van der Waals surface area contributed by atoms with E-state index < -0.39 is 42.6 Å². The monoisotopic (exact) mass is 1030 g/mol. The number of nitro groups is 1. The Kier molecular flexibility index (Phi) is 14.6. The van der Waals surface area contributed by atoms with E-state index in [1.807, 2.05) is 23.6 Å². The molecule has 5 N–H and O–H groups in total. The molecular formula is C55H64FN7O8S2. The Hall–Kier alpha value is -6.18. The molecule has 386 valence electrons. The summed E-state index contributed by atoms with van der Waals surface area (Å²) in [7, 11) is -4.61. The molecule has 0 radical (unpaired) electrons. The van der Waals surface area contributed by atoms with Gasteiger partial charge in [0.2, 0.25) is 0 Å². The van der Waals surface area contributed by atoms with E-state index in [4.69, 9.17) is 4.74 Å². The van der Waals surface area contributed by atoms with E-state index in [0.29, 0.717) is 55.9 Å². The summed E-state index contributed by atoms with van der Waals surface area (Å²) < 4.78 is 51.6. The van der Waals surface area contributed by atoms with Gasteiger partial charge in [-0.15, -0.1) is 11.3 Å². The van der Waals surface area contributed by atoms with E-state index in [2.05, 4.69) is 49.7 Å². The van der Waals surface area contributed by atoms with Crippen molar-refractivity contribution in [2.24, 2.45) is 11.3 Å². The molecule has 3 aromatic heterocycles. The lowest BCUT2D eigenvalue weighted by Gasteiger charge is -2.39. The quantitative estimate of drug-likeness (QED) is 0.0454. The third kappa shape index (κ3) is 12.4. The second-order valence-electron chi connectivity index (χ2n) is 21.8. The molecule has 1 aliphatic heterocycles. The van der Waals surface area contributed by atoms with Crippen molar-refractivity contribution in [2.75, 3.05) is 49.5 Å². The van der Waals surface area contributed by atoms with Crippen LogP contribution in [-0.4, -0.2) is 94.8 Å². The van der Waals surface area contributed by atoms with Crippen LogP contribution in [-0.2, 0) is 16.4 Å². The number of allylic oxidation sites excluding steroid dienone is 1. The predicted octanol–water partition coefficient (Wildman–Crippen LogP) is 10.7. The molecule has 2 aliphatic carbocycles. The number of aromatic nitrogens is 2. The number of nitrogens with zero attached hydrogens (tertiary/aromatic N) is 4. The summed E-state index contributed by atoms with van der Waals surface area (Å²) in [4.78, 5) is 38.4. The summed E-state index contributed by atoms with van der Waals surface area (Å²) in [6.07, 6.45) is 9.31. The molecule has 18 heteroatoms. The van der Waals surface area contributed by atoms with E-state index in [-0.39, 0.29) is 34.2 Å². The maximum atomic E-state index is 15.5. The molecule has 4 heterocycles. The number of carbonyl (C=O) groups is 1. The third-order valence-corrected chi connectivity index (χ3v) is 16.8. The first kappa shape index (κ1) is 51.7. The lowest BCUT2D eigenvalue weighted by atomic mass is 9.73. The van der Waals surface area contributed by atoms with Gasteiger partial charge in [0.05, 0.1) is 32.8 Å². The number of carbonyl (C=O) groups excluding carboxylic acids is 1. The molecule has 3 aromatic carbocycles. The number of amides is 1. The maximum absolute atomic E-state index is 15.5. The predicted molar refractivity (Wildman–Crippen MR) is 284 cm³/mol. The second kappa shape index (κ2) is 20.6. The highest BCUT2D eigenvalue weighted by Crippen LogP contribution is 2.46. The summed E-state index contributed by atoms with van der Waals surface area (Å²) >= 11 is 1.65. The summed E-state index contributed by atoms with van der Waals surface area (Å²) in [6, 6.07) is 19.5. The maximum Gasteiger partial charge on any atom is 0.293 e. The third-order valence-electron chi connectivity index (χ3n) is 14.5. The van der Waals surface area contributed by atoms with Crippen molar-refractivity contribution in [3.63, 3.8) is 0 Å². The second-order valence-corrected chi connectivity index (χ2v) is 24.3. The first-order chi connectivity index (χ1) is 34.6. The molecule has 3 aliphatic rings. The number of pyridine rings is 1. The van der Waals surface area contributed by atoms with Crippen LogP contribution in [0.3, 0.4) is 0 Å². The van der Waals surface area contributed by atoms with Crippen LogP contribution in [0.1, 0.15) is 100 Å². The minimum atomic E-state index is -4.61. The van der Waals surface area contributed by atoms with Gasteiger partial charge in [-0.1, -0.05) is 31.6 Å². The van der Waals surface area contributed by atoms with Crippen LogP contribution in [0.4, 0.5) is 21.5 Å². The molecule has 1 saturated carbocycles. The number of rotatable bonds is 16. The Morgan fingerprint density at radius 3 is 2.51 bits per heavy atom. The standard InChI is InChI=1S/C55H64FN7O8S2/c1-53(2)16-14-38(45(30-53)50-26-39(34-72-50)43-9-6-36(24-46(43)56)29-54(3,4)65)33-61-20-22-62(23-21-61)40-7-10-44(49(27-40)71-41-25-37-15-19-57-51(37)59-32-41)52(64)60-73(69,70)42-8-11-47(48(28-42)63(67)68)58-31-35-12-17-55(5,66)18-13-35/h6-11,15,19,24-28,32,34-35,58,65-66H,12-14,16-18,20-23,29-31,33H2,1-5H3,(H,57,59)(H,60,64)/t35-,55-. The number of thiophene rings is 1. The molecule has 1 saturated heterocycles. The zero-order valence-electron chi connectivity index (χ0n) is 42.0. The van der Waals surface area contributed by atoms with E-state index >= 15 is 4.39 Å². The molecular weight excluding hydrogens is 970 g/mol. The van der Waals surface area contributed by atoms with Gasteiger partial charge in [0, 0.05) is 85.5 Å². The van der Waals surface area contributed by atoms with Crippen molar-refractivity contribution in [2.45, 2.75) is 102 Å². The summed E-state index contributed by atoms with van der Waals surface area (Å²) in [5.74, 6) is -0.675. The number of hydrogen-bond donors (Lipinski definition) is 5. The fraction of sp³-hybridized carbons (Fsp3) is 0.418. The van der Waals surface area contributed by atoms with Gasteiger partial charge in [-0.25, -0.2) is 22.5 Å². The highest BCUT2D eigenvalue weighted by atomic mass is 32.2. The summed E-state index contributed by atoms with van der Waals surface area (Å²) in [5.41, 5.74) is 4.38. The van der Waals surface area contributed by atoms with Gasteiger partial charge in [0.15, 0.2) is 0 Å². The number of sulfonamides is 1. The van der Waals surface area contributed by atoms with Crippen LogP contribution >= 0.6 is 11.3 Å². The fourth-order valence-corrected chi connectivity index (χ4v) is 12.3. The molecule has 73 heavy (non-hydrogen) atoms. The van der Waals surface area contributed by atoms with Gasteiger partial charge in [0.1, 0.15) is 28.7 Å². The van der Waals surface area contributed by atoms with E-state index in [0.717, 1.165) is 84.9 Å². The number of H-pyrrole nitrogens is 1. The smallest absolute Gasteiger partial charge is 0.293 e. The van der Waals surface area contributed by atoms with Crippen LogP contribution in [0.2, 0.25) is 0 Å². The number of ether oxygens (including phenoxy) is 1. The number of piperazine rings is 1. The van der Waals surface area contributed by atoms with Gasteiger partial charge in [-0.05, 0) is 148 Å². The minimum absolute atomic E-state index is 0.0683. The number of benzene rings is 3. The van der Waals surface area contributed by atoms with E-state index in [9.17, 15) is 33.5 Å². The van der Waals surface area contributed by atoms with Crippen LogP contribution < -0.4 is 19.7 Å². The molecule has 0 unspecified atom stereocenters. The Bertz CT molecular complexity index is 3180.